The van der Waals surface area contributed by atoms with Crippen LogP contribution >= 0.6 is 23.2 Å². The molecule has 0 spiro atoms. The van der Waals surface area contributed by atoms with Crippen LogP contribution in [0, 0.1) is 0 Å². The standard InChI is InChI=1S/C10H7Cl2N5O/c11-8-15-9(12)17-10(16-8)14-6-3-1-5(2-4-6)7(13)18/h1-4H,(H2,13,18)(H,14,15,16,17). The van der Waals surface area contributed by atoms with Gasteiger partial charge < -0.3 is 11.1 Å². The van der Waals surface area contributed by atoms with Crippen molar-refractivity contribution in [3.63, 3.8) is 0 Å². The summed E-state index contributed by atoms with van der Waals surface area (Å²) in [6.07, 6.45) is 0. The molecule has 18 heavy (non-hydrogen) atoms. The molecule has 1 aromatic heterocycles. The summed E-state index contributed by atoms with van der Waals surface area (Å²) >= 11 is 11.3. The van der Waals surface area contributed by atoms with Crippen molar-refractivity contribution in [2.75, 3.05) is 5.32 Å². The average molecular weight is 284 g/mol. The fraction of sp³-hybridized carbons (Fsp3) is 0. The van der Waals surface area contributed by atoms with E-state index in [0.29, 0.717) is 11.3 Å². The molecule has 0 saturated carbocycles. The Balaban J connectivity index is 2.20. The molecule has 0 saturated heterocycles. The number of primary amides is 1. The first-order valence-electron chi connectivity index (χ1n) is 4.78. The Morgan fingerprint density at radius 2 is 1.61 bits per heavy atom. The van der Waals surface area contributed by atoms with Crippen LogP contribution in [0.15, 0.2) is 24.3 Å². The van der Waals surface area contributed by atoms with Crippen LogP contribution in [0.4, 0.5) is 11.6 Å². The van der Waals surface area contributed by atoms with Crippen LogP contribution in [0.25, 0.3) is 0 Å². The lowest BCUT2D eigenvalue weighted by Crippen LogP contribution is -2.10. The number of aromatic nitrogens is 3. The zero-order valence-electron chi connectivity index (χ0n) is 8.89. The van der Waals surface area contributed by atoms with E-state index in [4.69, 9.17) is 28.9 Å². The largest absolute Gasteiger partial charge is 0.366 e. The SMILES string of the molecule is NC(=O)c1ccc(Nc2nc(Cl)nc(Cl)n2)cc1. The quantitative estimate of drug-likeness (QED) is 0.899. The van der Waals surface area contributed by atoms with E-state index in [1.807, 2.05) is 0 Å². The lowest BCUT2D eigenvalue weighted by atomic mass is 10.2. The number of rotatable bonds is 3. The first kappa shape index (κ1) is 12.5. The number of carbonyl (C=O) groups excluding carboxylic acids is 1. The molecule has 2 aromatic rings. The maximum absolute atomic E-state index is 10.9. The van der Waals surface area contributed by atoms with Crippen molar-refractivity contribution < 1.29 is 4.79 Å². The van der Waals surface area contributed by atoms with Crippen molar-refractivity contribution in [1.82, 2.24) is 15.0 Å². The van der Waals surface area contributed by atoms with Gasteiger partial charge in [0.25, 0.3) is 0 Å². The van der Waals surface area contributed by atoms with E-state index in [2.05, 4.69) is 20.3 Å². The van der Waals surface area contributed by atoms with Crippen LogP contribution in [0.1, 0.15) is 10.4 Å². The van der Waals surface area contributed by atoms with Crippen molar-refractivity contribution in [2.24, 2.45) is 5.73 Å². The predicted octanol–water partition coefficient (Wildman–Crippen LogP) is 2.02. The van der Waals surface area contributed by atoms with Crippen molar-refractivity contribution in [3.05, 3.63) is 40.4 Å². The summed E-state index contributed by atoms with van der Waals surface area (Å²) in [6, 6.07) is 6.47. The molecule has 0 aliphatic carbocycles. The van der Waals surface area contributed by atoms with Crippen LogP contribution in [-0.2, 0) is 0 Å². The molecule has 3 N–H and O–H groups in total. The van der Waals surface area contributed by atoms with E-state index in [9.17, 15) is 4.79 Å². The molecule has 0 atom stereocenters. The highest BCUT2D eigenvalue weighted by Gasteiger charge is 2.04. The molecule has 1 amide bonds. The first-order valence-corrected chi connectivity index (χ1v) is 5.54. The molecule has 8 heteroatoms. The summed E-state index contributed by atoms with van der Waals surface area (Å²) < 4.78 is 0. The van der Waals surface area contributed by atoms with E-state index in [1.54, 1.807) is 24.3 Å². The number of nitrogens with zero attached hydrogens (tertiary/aromatic N) is 3. The van der Waals surface area contributed by atoms with Crippen molar-refractivity contribution in [3.8, 4) is 0 Å². The zero-order valence-corrected chi connectivity index (χ0v) is 10.4. The summed E-state index contributed by atoms with van der Waals surface area (Å²) in [4.78, 5) is 22.2. The molecule has 0 radical (unpaired) electrons. The van der Waals surface area contributed by atoms with Gasteiger partial charge in [-0.1, -0.05) is 0 Å². The monoisotopic (exact) mass is 283 g/mol. The molecular formula is C10H7Cl2N5O. The van der Waals surface area contributed by atoms with E-state index < -0.39 is 5.91 Å². The van der Waals surface area contributed by atoms with E-state index in [-0.39, 0.29) is 16.5 Å². The van der Waals surface area contributed by atoms with Gasteiger partial charge in [-0.25, -0.2) is 0 Å². The number of carbonyl (C=O) groups is 1. The normalized spacial score (nSPS) is 10.1. The van der Waals surface area contributed by atoms with Gasteiger partial charge in [0.05, 0.1) is 0 Å². The number of benzene rings is 1. The van der Waals surface area contributed by atoms with E-state index >= 15 is 0 Å². The lowest BCUT2D eigenvalue weighted by Gasteiger charge is -2.05. The van der Waals surface area contributed by atoms with Gasteiger partial charge in [-0.2, -0.15) is 15.0 Å². The van der Waals surface area contributed by atoms with Gasteiger partial charge in [0.15, 0.2) is 0 Å². The summed E-state index contributed by atoms with van der Waals surface area (Å²) in [5.41, 5.74) is 6.20. The highest BCUT2D eigenvalue weighted by molar-refractivity contribution is 6.31. The summed E-state index contributed by atoms with van der Waals surface area (Å²) in [7, 11) is 0. The Hall–Kier alpha value is -1.92. The van der Waals surface area contributed by atoms with E-state index in [0.717, 1.165) is 0 Å². The minimum atomic E-state index is -0.493. The maximum atomic E-state index is 10.9. The second-order valence-corrected chi connectivity index (χ2v) is 3.94. The minimum absolute atomic E-state index is 0.00810. The third-order valence-electron chi connectivity index (χ3n) is 2.01. The zero-order chi connectivity index (χ0) is 13.1. The minimum Gasteiger partial charge on any atom is -0.366 e. The molecule has 1 aromatic carbocycles. The third-order valence-corrected chi connectivity index (χ3v) is 2.34. The predicted molar refractivity (Wildman–Crippen MR) is 68.1 cm³/mol. The third kappa shape index (κ3) is 3.06. The summed E-state index contributed by atoms with van der Waals surface area (Å²) in [6.45, 7) is 0. The second-order valence-electron chi connectivity index (χ2n) is 3.26. The Labute approximate surface area is 112 Å². The number of anilines is 2. The van der Waals surface area contributed by atoms with Crippen LogP contribution < -0.4 is 11.1 Å². The van der Waals surface area contributed by atoms with Crippen molar-refractivity contribution in [2.45, 2.75) is 0 Å². The van der Waals surface area contributed by atoms with Gasteiger partial charge in [-0.05, 0) is 47.5 Å². The summed E-state index contributed by atoms with van der Waals surface area (Å²) in [5.74, 6) is -0.278. The maximum Gasteiger partial charge on any atom is 0.248 e. The molecule has 92 valence electrons. The molecule has 0 fully saturated rings. The second kappa shape index (κ2) is 5.16. The number of amides is 1. The smallest absolute Gasteiger partial charge is 0.248 e. The Kier molecular flexibility index (Phi) is 3.59. The number of nitrogens with one attached hydrogen (secondary N) is 1. The van der Waals surface area contributed by atoms with Crippen LogP contribution in [0.3, 0.4) is 0 Å². The molecule has 0 aliphatic rings. The van der Waals surface area contributed by atoms with Gasteiger partial charge in [0.1, 0.15) is 0 Å². The van der Waals surface area contributed by atoms with Crippen LogP contribution in [-0.4, -0.2) is 20.9 Å². The number of hydrogen-bond acceptors (Lipinski definition) is 5. The van der Waals surface area contributed by atoms with Crippen molar-refractivity contribution in [1.29, 1.82) is 0 Å². The molecule has 6 nitrogen and oxygen atoms in total. The molecule has 0 aliphatic heterocycles. The topological polar surface area (TPSA) is 93.8 Å². The summed E-state index contributed by atoms with van der Waals surface area (Å²) in [5, 5.41) is 2.85. The van der Waals surface area contributed by atoms with Crippen LogP contribution in [0.2, 0.25) is 10.6 Å². The fourth-order valence-electron chi connectivity index (χ4n) is 1.23. The van der Waals surface area contributed by atoms with Gasteiger partial charge in [-0.3, -0.25) is 4.79 Å². The Morgan fingerprint density at radius 1 is 1.06 bits per heavy atom. The molecule has 0 unspecified atom stereocenters. The van der Waals surface area contributed by atoms with Crippen molar-refractivity contribution >= 4 is 40.7 Å². The van der Waals surface area contributed by atoms with Gasteiger partial charge >= 0.3 is 0 Å². The fourth-order valence-corrected chi connectivity index (χ4v) is 1.59. The Morgan fingerprint density at radius 3 is 2.11 bits per heavy atom. The Bertz CT molecular complexity index is 567. The van der Waals surface area contributed by atoms with Gasteiger partial charge in [-0.15, -0.1) is 0 Å². The number of halogens is 2. The lowest BCUT2D eigenvalue weighted by molar-refractivity contribution is 0.100. The van der Waals surface area contributed by atoms with E-state index in [1.165, 1.54) is 0 Å². The molecular weight excluding hydrogens is 277 g/mol. The van der Waals surface area contributed by atoms with Crippen LogP contribution in [0.5, 0.6) is 0 Å². The highest BCUT2D eigenvalue weighted by atomic mass is 35.5. The average Bonchev–Trinajstić information content (AvgIpc) is 2.28. The molecule has 2 rings (SSSR count). The van der Waals surface area contributed by atoms with Gasteiger partial charge in [0.2, 0.25) is 22.4 Å². The highest BCUT2D eigenvalue weighted by Crippen LogP contribution is 2.16. The molecule has 0 bridgehead atoms. The molecule has 1 heterocycles. The first-order chi connectivity index (χ1) is 8.54. The van der Waals surface area contributed by atoms with Gasteiger partial charge in [0, 0.05) is 11.3 Å². The number of hydrogen-bond donors (Lipinski definition) is 2. The number of nitrogens with two attached hydrogens (primary N) is 1.